The molecule has 4 nitrogen and oxygen atoms in total. The van der Waals surface area contributed by atoms with Gasteiger partial charge in [-0.1, -0.05) is 0 Å². The lowest BCUT2D eigenvalue weighted by atomic mass is 10.1. The second kappa shape index (κ2) is 5.61. The number of ether oxygens (including phenoxy) is 1. The minimum Gasteiger partial charge on any atom is -0.376 e. The van der Waals surface area contributed by atoms with Crippen molar-refractivity contribution >= 4 is 17.2 Å². The van der Waals surface area contributed by atoms with Crippen LogP contribution in [0.25, 0.3) is 0 Å². The Labute approximate surface area is 123 Å². The van der Waals surface area contributed by atoms with Crippen molar-refractivity contribution < 1.29 is 17.9 Å². The van der Waals surface area contributed by atoms with E-state index in [0.29, 0.717) is 36.8 Å². The number of aromatic nitrogens is 2. The monoisotopic (exact) mass is 315 g/mol. The molecule has 2 aromatic heterocycles. The van der Waals surface area contributed by atoms with Gasteiger partial charge >= 0.3 is 6.18 Å². The number of thiophene rings is 1. The molecule has 21 heavy (non-hydrogen) atoms. The number of halogens is 3. The highest BCUT2D eigenvalue weighted by Crippen LogP contribution is 2.36. The first-order chi connectivity index (χ1) is 10.1. The van der Waals surface area contributed by atoms with Crippen LogP contribution in [0.15, 0.2) is 17.8 Å². The quantitative estimate of drug-likeness (QED) is 0.944. The summed E-state index contributed by atoms with van der Waals surface area (Å²) in [6, 6.07) is 1.48. The van der Waals surface area contributed by atoms with Gasteiger partial charge in [0.25, 0.3) is 0 Å². The zero-order chi connectivity index (χ0) is 14.9. The lowest BCUT2D eigenvalue weighted by Crippen LogP contribution is -2.16. The van der Waals surface area contributed by atoms with E-state index in [9.17, 15) is 13.2 Å². The SMILES string of the molecule is FC(F)(F)c1sccc1CNc1ncnc2c1COCC2. The molecule has 0 spiro atoms. The van der Waals surface area contributed by atoms with Gasteiger partial charge in [0.2, 0.25) is 0 Å². The van der Waals surface area contributed by atoms with Gasteiger partial charge in [-0.2, -0.15) is 13.2 Å². The average molecular weight is 315 g/mol. The Morgan fingerprint density at radius 2 is 2.19 bits per heavy atom. The van der Waals surface area contributed by atoms with Crippen molar-refractivity contribution in [3.8, 4) is 0 Å². The van der Waals surface area contributed by atoms with Crippen LogP contribution in [-0.2, 0) is 30.5 Å². The molecule has 0 bridgehead atoms. The van der Waals surface area contributed by atoms with Crippen molar-refractivity contribution in [2.45, 2.75) is 25.7 Å². The summed E-state index contributed by atoms with van der Waals surface area (Å²) < 4.78 is 43.8. The Balaban J connectivity index is 1.79. The molecule has 0 unspecified atom stereocenters. The Hall–Kier alpha value is -1.67. The zero-order valence-corrected chi connectivity index (χ0v) is 11.7. The fourth-order valence-corrected chi connectivity index (χ4v) is 3.01. The van der Waals surface area contributed by atoms with Gasteiger partial charge in [-0.25, -0.2) is 9.97 Å². The molecule has 2 aromatic rings. The van der Waals surface area contributed by atoms with Crippen LogP contribution in [0.5, 0.6) is 0 Å². The van der Waals surface area contributed by atoms with E-state index in [-0.39, 0.29) is 12.1 Å². The van der Waals surface area contributed by atoms with E-state index < -0.39 is 11.1 Å². The van der Waals surface area contributed by atoms with E-state index in [1.165, 1.54) is 17.8 Å². The van der Waals surface area contributed by atoms with Crippen molar-refractivity contribution in [1.29, 1.82) is 0 Å². The molecule has 0 amide bonds. The molecule has 0 saturated heterocycles. The summed E-state index contributed by atoms with van der Waals surface area (Å²) in [5, 5.41) is 4.41. The molecule has 1 aliphatic rings. The van der Waals surface area contributed by atoms with E-state index in [0.717, 1.165) is 11.3 Å². The molecule has 112 valence electrons. The second-order valence-electron chi connectivity index (χ2n) is 4.58. The first-order valence-corrected chi connectivity index (χ1v) is 7.21. The number of nitrogens with zero attached hydrogens (tertiary/aromatic N) is 2. The van der Waals surface area contributed by atoms with Crippen molar-refractivity contribution in [3.05, 3.63) is 39.5 Å². The lowest BCUT2D eigenvalue weighted by molar-refractivity contribution is -0.134. The highest BCUT2D eigenvalue weighted by molar-refractivity contribution is 7.10. The first kappa shape index (κ1) is 14.3. The third kappa shape index (κ3) is 3.01. The van der Waals surface area contributed by atoms with Crippen molar-refractivity contribution in [3.63, 3.8) is 0 Å². The maximum Gasteiger partial charge on any atom is 0.425 e. The number of alkyl halides is 3. The van der Waals surface area contributed by atoms with Crippen LogP contribution in [0.2, 0.25) is 0 Å². The Kier molecular flexibility index (Phi) is 3.81. The van der Waals surface area contributed by atoms with Crippen LogP contribution in [0.4, 0.5) is 19.0 Å². The van der Waals surface area contributed by atoms with E-state index in [1.54, 1.807) is 0 Å². The summed E-state index contributed by atoms with van der Waals surface area (Å²) in [5.41, 5.74) is 1.93. The molecule has 1 aliphatic heterocycles. The Morgan fingerprint density at radius 3 is 3.00 bits per heavy atom. The number of hydrogen-bond acceptors (Lipinski definition) is 5. The van der Waals surface area contributed by atoms with E-state index in [4.69, 9.17) is 4.74 Å². The highest BCUT2D eigenvalue weighted by Gasteiger charge is 2.34. The van der Waals surface area contributed by atoms with Gasteiger partial charge in [-0.05, 0) is 17.0 Å². The molecular weight excluding hydrogens is 303 g/mol. The summed E-state index contributed by atoms with van der Waals surface area (Å²) >= 11 is 0.698. The maximum absolute atomic E-state index is 12.8. The third-order valence-corrected chi connectivity index (χ3v) is 4.22. The fourth-order valence-electron chi connectivity index (χ4n) is 2.21. The number of anilines is 1. The molecule has 0 aromatic carbocycles. The van der Waals surface area contributed by atoms with Crippen LogP contribution in [0.1, 0.15) is 21.7 Å². The molecule has 0 radical (unpaired) electrons. The maximum atomic E-state index is 12.8. The summed E-state index contributed by atoms with van der Waals surface area (Å²) in [7, 11) is 0. The van der Waals surface area contributed by atoms with Gasteiger partial charge in [0.1, 0.15) is 17.0 Å². The van der Waals surface area contributed by atoms with Crippen molar-refractivity contribution in [1.82, 2.24) is 9.97 Å². The zero-order valence-electron chi connectivity index (χ0n) is 10.9. The normalized spacial score (nSPS) is 14.8. The second-order valence-corrected chi connectivity index (χ2v) is 5.49. The smallest absolute Gasteiger partial charge is 0.376 e. The molecule has 3 rings (SSSR count). The molecule has 0 saturated carbocycles. The number of nitrogens with one attached hydrogen (secondary N) is 1. The topological polar surface area (TPSA) is 47.0 Å². The first-order valence-electron chi connectivity index (χ1n) is 6.33. The lowest BCUT2D eigenvalue weighted by Gasteiger charge is -2.18. The largest absolute Gasteiger partial charge is 0.425 e. The van der Waals surface area contributed by atoms with Crippen LogP contribution in [0, 0.1) is 0 Å². The van der Waals surface area contributed by atoms with Gasteiger partial charge in [0.15, 0.2) is 0 Å². The van der Waals surface area contributed by atoms with Gasteiger partial charge in [-0.15, -0.1) is 11.3 Å². The number of hydrogen-bond donors (Lipinski definition) is 1. The summed E-state index contributed by atoms with van der Waals surface area (Å²) in [6.07, 6.45) is -2.21. The highest BCUT2D eigenvalue weighted by atomic mass is 32.1. The van der Waals surface area contributed by atoms with E-state index in [1.807, 2.05) is 0 Å². The molecule has 0 fully saturated rings. The molecule has 0 aliphatic carbocycles. The molecule has 0 atom stereocenters. The predicted octanol–water partition coefficient (Wildman–Crippen LogP) is 3.24. The van der Waals surface area contributed by atoms with Gasteiger partial charge < -0.3 is 10.1 Å². The minimum atomic E-state index is -4.32. The predicted molar refractivity (Wildman–Crippen MR) is 72.0 cm³/mol. The van der Waals surface area contributed by atoms with Crippen molar-refractivity contribution in [2.75, 3.05) is 11.9 Å². The van der Waals surface area contributed by atoms with Crippen LogP contribution in [0.3, 0.4) is 0 Å². The van der Waals surface area contributed by atoms with Gasteiger partial charge in [-0.3, -0.25) is 0 Å². The Morgan fingerprint density at radius 1 is 1.33 bits per heavy atom. The summed E-state index contributed by atoms with van der Waals surface area (Å²) in [4.78, 5) is 7.70. The average Bonchev–Trinajstić information content (AvgIpc) is 2.93. The summed E-state index contributed by atoms with van der Waals surface area (Å²) in [5.74, 6) is 0.541. The van der Waals surface area contributed by atoms with Gasteiger partial charge in [0, 0.05) is 18.5 Å². The van der Waals surface area contributed by atoms with Gasteiger partial charge in [0.05, 0.1) is 18.9 Å². The molecule has 8 heteroatoms. The van der Waals surface area contributed by atoms with Crippen LogP contribution < -0.4 is 5.32 Å². The van der Waals surface area contributed by atoms with Crippen LogP contribution >= 0.6 is 11.3 Å². The fraction of sp³-hybridized carbons (Fsp3) is 0.385. The third-order valence-electron chi connectivity index (χ3n) is 3.21. The summed E-state index contributed by atoms with van der Waals surface area (Å²) in [6.45, 7) is 1.06. The van der Waals surface area contributed by atoms with Crippen LogP contribution in [-0.4, -0.2) is 16.6 Å². The number of fused-ring (bicyclic) bond motifs is 1. The Bertz CT molecular complexity index is 642. The van der Waals surface area contributed by atoms with Crippen molar-refractivity contribution in [2.24, 2.45) is 0 Å². The minimum absolute atomic E-state index is 0.0712. The standard InChI is InChI=1S/C13H12F3N3OS/c14-13(15,16)11-8(2-4-21-11)5-17-12-9-6-20-3-1-10(9)18-7-19-12/h2,4,7H,1,3,5-6H2,(H,17,18,19). The molecule has 1 N–H and O–H groups in total. The number of rotatable bonds is 3. The van der Waals surface area contributed by atoms with E-state index >= 15 is 0 Å². The van der Waals surface area contributed by atoms with E-state index in [2.05, 4.69) is 15.3 Å². The molecular formula is C13H12F3N3OS. The molecule has 3 heterocycles.